The number of hydrogen-bond donors (Lipinski definition) is 1. The number of rotatable bonds is 5. The minimum atomic E-state index is -4.44. The Morgan fingerprint density at radius 1 is 0.895 bits per heavy atom. The van der Waals surface area contributed by atoms with Gasteiger partial charge in [-0.3, -0.25) is 0 Å². The maximum Gasteiger partial charge on any atom is 0.390 e. The van der Waals surface area contributed by atoms with Crippen molar-refractivity contribution in [2.45, 2.75) is 31.2 Å². The molecule has 0 amide bonds. The van der Waals surface area contributed by atoms with Gasteiger partial charge in [0.15, 0.2) is 0 Å². The Morgan fingerprint density at radius 3 is 1.95 bits per heavy atom. The van der Waals surface area contributed by atoms with Gasteiger partial charge in [-0.05, 0) is 5.56 Å². The summed E-state index contributed by atoms with van der Waals surface area (Å²) in [5.41, 5.74) is 0.321. The second-order valence-electron chi connectivity index (χ2n) is 4.10. The van der Waals surface area contributed by atoms with Crippen molar-refractivity contribution in [3.63, 3.8) is 0 Å². The van der Waals surface area contributed by atoms with E-state index in [2.05, 4.69) is 5.32 Å². The number of hydrogen-bond acceptors (Lipinski definition) is 1. The van der Waals surface area contributed by atoms with Crippen LogP contribution in [-0.2, 0) is 0 Å². The van der Waals surface area contributed by atoms with Crippen molar-refractivity contribution >= 4 is 0 Å². The summed E-state index contributed by atoms with van der Waals surface area (Å²) in [4.78, 5) is 0. The summed E-state index contributed by atoms with van der Waals surface area (Å²) in [6.45, 7) is -0.543. The van der Waals surface area contributed by atoms with Gasteiger partial charge in [0, 0.05) is 12.6 Å². The highest BCUT2D eigenvalue weighted by atomic mass is 19.4. The molecular weight excluding hydrogens is 272 g/mol. The fraction of sp³-hybridized carbons (Fsp3) is 0.500. The summed E-state index contributed by atoms with van der Waals surface area (Å²) >= 11 is 0. The molecule has 0 radical (unpaired) electrons. The van der Waals surface area contributed by atoms with Crippen molar-refractivity contribution in [1.29, 1.82) is 0 Å². The van der Waals surface area contributed by atoms with Crippen LogP contribution in [0.15, 0.2) is 30.3 Å². The minimum Gasteiger partial charge on any atom is -0.309 e. The lowest BCUT2D eigenvalue weighted by Gasteiger charge is -2.21. The fourth-order valence-corrected chi connectivity index (χ4v) is 1.61. The molecule has 0 saturated carbocycles. The van der Waals surface area contributed by atoms with Crippen LogP contribution < -0.4 is 5.32 Å². The first-order valence-corrected chi connectivity index (χ1v) is 5.59. The zero-order valence-corrected chi connectivity index (χ0v) is 9.85. The molecule has 1 N–H and O–H groups in total. The third-order valence-corrected chi connectivity index (χ3v) is 2.44. The molecule has 0 bridgehead atoms. The van der Waals surface area contributed by atoms with E-state index in [1.807, 2.05) is 0 Å². The van der Waals surface area contributed by atoms with Crippen LogP contribution in [0.3, 0.4) is 0 Å². The molecule has 1 aromatic rings. The highest BCUT2D eigenvalue weighted by molar-refractivity contribution is 5.19. The van der Waals surface area contributed by atoms with E-state index in [4.69, 9.17) is 0 Å². The van der Waals surface area contributed by atoms with E-state index in [1.54, 1.807) is 18.2 Å². The van der Waals surface area contributed by atoms with Crippen molar-refractivity contribution in [2.75, 3.05) is 6.54 Å². The van der Waals surface area contributed by atoms with E-state index >= 15 is 0 Å². The van der Waals surface area contributed by atoms with Gasteiger partial charge in [0.05, 0.1) is 12.8 Å². The molecule has 0 heterocycles. The highest BCUT2D eigenvalue weighted by Crippen LogP contribution is 2.29. The average Bonchev–Trinajstić information content (AvgIpc) is 2.25. The fourth-order valence-electron chi connectivity index (χ4n) is 1.61. The van der Waals surface area contributed by atoms with Crippen LogP contribution >= 0.6 is 0 Å². The first-order chi connectivity index (χ1) is 8.67. The van der Waals surface area contributed by atoms with Gasteiger partial charge in [-0.2, -0.15) is 26.3 Å². The summed E-state index contributed by atoms with van der Waals surface area (Å²) in [7, 11) is 0. The quantitative estimate of drug-likeness (QED) is 0.799. The smallest absolute Gasteiger partial charge is 0.309 e. The number of halogens is 6. The van der Waals surface area contributed by atoms with Crippen LogP contribution in [0, 0.1) is 0 Å². The van der Waals surface area contributed by atoms with Crippen LogP contribution in [0.2, 0.25) is 0 Å². The number of benzene rings is 1. The van der Waals surface area contributed by atoms with E-state index in [0.29, 0.717) is 5.56 Å². The molecule has 1 aromatic carbocycles. The van der Waals surface area contributed by atoms with Crippen molar-refractivity contribution < 1.29 is 26.3 Å². The van der Waals surface area contributed by atoms with Gasteiger partial charge < -0.3 is 5.32 Å². The summed E-state index contributed by atoms with van der Waals surface area (Å²) in [6, 6.07) is 6.47. The first kappa shape index (κ1) is 15.8. The Hall–Kier alpha value is -1.24. The van der Waals surface area contributed by atoms with Crippen molar-refractivity contribution in [3.05, 3.63) is 35.9 Å². The summed E-state index contributed by atoms with van der Waals surface area (Å²) < 4.78 is 73.1. The molecule has 0 aliphatic rings. The van der Waals surface area contributed by atoms with Crippen LogP contribution in [0.4, 0.5) is 26.3 Å². The second-order valence-corrected chi connectivity index (χ2v) is 4.10. The van der Waals surface area contributed by atoms with E-state index in [-0.39, 0.29) is 0 Å². The molecule has 1 nitrogen and oxygen atoms in total. The maximum atomic E-state index is 12.4. The van der Waals surface area contributed by atoms with Gasteiger partial charge in [-0.25, -0.2) is 0 Å². The lowest BCUT2D eigenvalue weighted by Crippen LogP contribution is -2.29. The van der Waals surface area contributed by atoms with Crippen LogP contribution in [0.1, 0.15) is 24.4 Å². The van der Waals surface area contributed by atoms with Gasteiger partial charge in [-0.1, -0.05) is 30.3 Å². The zero-order chi connectivity index (χ0) is 14.5. The molecule has 1 rings (SSSR count). The summed E-state index contributed by atoms with van der Waals surface area (Å²) in [6.07, 6.45) is -11.2. The second kappa shape index (κ2) is 6.27. The highest BCUT2D eigenvalue weighted by Gasteiger charge is 2.33. The molecule has 19 heavy (non-hydrogen) atoms. The van der Waals surface area contributed by atoms with Gasteiger partial charge in [0.2, 0.25) is 0 Å². The van der Waals surface area contributed by atoms with Gasteiger partial charge in [0.25, 0.3) is 0 Å². The molecule has 0 aromatic heterocycles. The summed E-state index contributed by atoms with van der Waals surface area (Å²) in [5, 5.41) is 2.31. The average molecular weight is 285 g/mol. The number of alkyl halides is 6. The Labute approximate surface area is 106 Å². The number of nitrogens with one attached hydrogen (secondary N) is 1. The third kappa shape index (κ3) is 7.05. The molecule has 1 atom stereocenters. The molecular formula is C12H13F6N. The van der Waals surface area contributed by atoms with Crippen molar-refractivity contribution in [3.8, 4) is 0 Å². The Balaban J connectivity index is 2.66. The molecule has 108 valence electrons. The lowest BCUT2D eigenvalue weighted by molar-refractivity contribution is -0.143. The van der Waals surface area contributed by atoms with Crippen LogP contribution in [-0.4, -0.2) is 18.9 Å². The molecule has 0 spiro atoms. The van der Waals surface area contributed by atoms with E-state index in [0.717, 1.165) is 0 Å². The van der Waals surface area contributed by atoms with Gasteiger partial charge in [0.1, 0.15) is 0 Å². The monoisotopic (exact) mass is 285 g/mol. The zero-order valence-electron chi connectivity index (χ0n) is 9.85. The van der Waals surface area contributed by atoms with Gasteiger partial charge in [-0.15, -0.1) is 0 Å². The maximum absolute atomic E-state index is 12.4. The third-order valence-electron chi connectivity index (χ3n) is 2.44. The van der Waals surface area contributed by atoms with Crippen LogP contribution in [0.5, 0.6) is 0 Å². The normalized spacial score (nSPS) is 14.4. The van der Waals surface area contributed by atoms with Crippen molar-refractivity contribution in [2.24, 2.45) is 0 Å². The topological polar surface area (TPSA) is 12.0 Å². The predicted molar refractivity (Wildman–Crippen MR) is 58.5 cm³/mol. The van der Waals surface area contributed by atoms with Crippen LogP contribution in [0.25, 0.3) is 0 Å². The first-order valence-electron chi connectivity index (χ1n) is 5.59. The molecule has 7 heteroatoms. The molecule has 0 fully saturated rings. The lowest BCUT2D eigenvalue weighted by atomic mass is 10.0. The van der Waals surface area contributed by atoms with E-state index in [9.17, 15) is 26.3 Å². The standard InChI is InChI=1S/C12H13F6N/c13-11(14,15)6-7-19-10(8-12(16,17)18)9-4-2-1-3-5-9/h1-5,10,19H,6-8H2. The Kier molecular flexibility index (Phi) is 5.22. The van der Waals surface area contributed by atoms with Crippen molar-refractivity contribution in [1.82, 2.24) is 5.32 Å². The molecule has 1 unspecified atom stereocenters. The van der Waals surface area contributed by atoms with E-state index in [1.165, 1.54) is 12.1 Å². The summed E-state index contributed by atoms with van der Waals surface area (Å²) in [5.74, 6) is 0. The van der Waals surface area contributed by atoms with Gasteiger partial charge >= 0.3 is 12.4 Å². The minimum absolute atomic E-state index is 0.321. The molecule has 0 aliphatic heterocycles. The predicted octanol–water partition coefficient (Wildman–Crippen LogP) is 4.22. The SMILES string of the molecule is FC(F)(F)CCNC(CC(F)(F)F)c1ccccc1. The largest absolute Gasteiger partial charge is 0.390 e. The van der Waals surface area contributed by atoms with E-state index < -0.39 is 37.8 Å². The Bertz CT molecular complexity index is 370. The Morgan fingerprint density at radius 2 is 1.47 bits per heavy atom. The molecule has 0 saturated heterocycles. The molecule has 0 aliphatic carbocycles.